The Morgan fingerprint density at radius 1 is 1.11 bits per heavy atom. The van der Waals surface area contributed by atoms with Crippen molar-refractivity contribution in [2.75, 3.05) is 0 Å². The van der Waals surface area contributed by atoms with E-state index in [-0.39, 0.29) is 29.6 Å². The zero-order valence-corrected chi connectivity index (χ0v) is 17.9. The fraction of sp³-hybridized carbons (Fsp3) is 0.391. The average Bonchev–Trinajstić information content (AvgIpc) is 2.66. The molecule has 0 N–H and O–H groups in total. The Bertz CT molecular complexity index is 865. The summed E-state index contributed by atoms with van der Waals surface area (Å²) in [5.74, 6) is -0.0871. The highest BCUT2D eigenvalue weighted by Gasteiger charge is 2.44. The maximum atomic E-state index is 13.2. The second kappa shape index (κ2) is 8.67. The number of hydrogen-bond donors (Lipinski definition) is 0. The van der Waals surface area contributed by atoms with Gasteiger partial charge in [0.2, 0.25) is 5.91 Å². The van der Waals surface area contributed by atoms with Crippen molar-refractivity contribution < 1.29 is 9.59 Å². The van der Waals surface area contributed by atoms with Crippen LogP contribution in [0.25, 0.3) is 0 Å². The lowest BCUT2D eigenvalue weighted by atomic mass is 9.75. The number of carbonyl (C=O) groups is 2. The summed E-state index contributed by atoms with van der Waals surface area (Å²) in [7, 11) is 0. The summed E-state index contributed by atoms with van der Waals surface area (Å²) in [5.41, 5.74) is 2.06. The predicted octanol–water partition coefficient (Wildman–Crippen LogP) is 6.05. The van der Waals surface area contributed by atoms with Gasteiger partial charge in [-0.1, -0.05) is 61.3 Å². The van der Waals surface area contributed by atoms with Crippen molar-refractivity contribution in [3.8, 4) is 0 Å². The van der Waals surface area contributed by atoms with Crippen molar-refractivity contribution in [3.05, 3.63) is 69.7 Å². The van der Waals surface area contributed by atoms with E-state index in [2.05, 4.69) is 6.07 Å². The number of piperidine rings is 1. The summed E-state index contributed by atoms with van der Waals surface area (Å²) in [6.07, 6.45) is 1.29. The number of Topliss-reactive ketones (excluding diaryl/α,β-unsaturated/α-hetero) is 1. The summed E-state index contributed by atoms with van der Waals surface area (Å²) >= 11 is 12.4. The number of carbonyl (C=O) groups excluding carboxylic acids is 2. The molecule has 2 aromatic carbocycles. The number of rotatable bonds is 5. The van der Waals surface area contributed by atoms with E-state index in [1.807, 2.05) is 61.2 Å². The Balaban J connectivity index is 2.17. The summed E-state index contributed by atoms with van der Waals surface area (Å²) in [4.78, 5) is 27.5. The first-order chi connectivity index (χ1) is 13.3. The highest BCUT2D eigenvalue weighted by Crippen LogP contribution is 2.46. The van der Waals surface area contributed by atoms with Gasteiger partial charge in [-0.05, 0) is 55.2 Å². The van der Waals surface area contributed by atoms with Gasteiger partial charge in [-0.25, -0.2) is 0 Å². The molecule has 1 amide bonds. The molecular formula is C23H25Cl2NO2. The molecule has 4 atom stereocenters. The van der Waals surface area contributed by atoms with Crippen molar-refractivity contribution >= 4 is 34.9 Å². The average molecular weight is 418 g/mol. The number of amides is 1. The second-order valence-electron chi connectivity index (χ2n) is 7.57. The standard InChI is InChI=1S/C23H25Cl2NO2/c1-4-21(15(3)27)26-22(16-8-10-18(24)11-9-16)20(12-14(2)23(26)28)17-6-5-7-19(25)13-17/h5-11,13-14,20-22H,4,12H2,1-3H3/t14?,20?,21-,22?/m0/s1. The Labute approximate surface area is 176 Å². The van der Waals surface area contributed by atoms with Gasteiger partial charge in [-0.15, -0.1) is 0 Å². The normalized spacial score (nSPS) is 23.5. The van der Waals surface area contributed by atoms with Crippen molar-refractivity contribution in [1.29, 1.82) is 0 Å². The number of hydrogen-bond acceptors (Lipinski definition) is 2. The number of benzene rings is 2. The molecule has 3 unspecified atom stereocenters. The lowest BCUT2D eigenvalue weighted by molar-refractivity contribution is -0.150. The molecule has 0 saturated carbocycles. The van der Waals surface area contributed by atoms with E-state index in [0.29, 0.717) is 22.9 Å². The number of halogens is 2. The maximum absolute atomic E-state index is 13.2. The van der Waals surface area contributed by atoms with Crippen LogP contribution in [0.5, 0.6) is 0 Å². The van der Waals surface area contributed by atoms with Gasteiger partial charge in [-0.3, -0.25) is 9.59 Å². The van der Waals surface area contributed by atoms with Crippen LogP contribution in [-0.2, 0) is 9.59 Å². The van der Waals surface area contributed by atoms with E-state index < -0.39 is 6.04 Å². The van der Waals surface area contributed by atoms with Crippen LogP contribution < -0.4 is 0 Å². The topological polar surface area (TPSA) is 37.4 Å². The van der Waals surface area contributed by atoms with Gasteiger partial charge >= 0.3 is 0 Å². The first kappa shape index (κ1) is 20.9. The minimum atomic E-state index is -0.447. The second-order valence-corrected chi connectivity index (χ2v) is 8.45. The van der Waals surface area contributed by atoms with Crippen LogP contribution in [0.4, 0.5) is 0 Å². The van der Waals surface area contributed by atoms with Crippen LogP contribution in [0.3, 0.4) is 0 Å². The largest absolute Gasteiger partial charge is 0.325 e. The third-order valence-electron chi connectivity index (χ3n) is 5.64. The Kier molecular flexibility index (Phi) is 6.47. The highest BCUT2D eigenvalue weighted by atomic mass is 35.5. The molecule has 0 bridgehead atoms. The van der Waals surface area contributed by atoms with Gasteiger partial charge in [0, 0.05) is 21.9 Å². The van der Waals surface area contributed by atoms with Gasteiger partial charge in [-0.2, -0.15) is 0 Å². The molecule has 2 aromatic rings. The third kappa shape index (κ3) is 4.11. The molecule has 1 aliphatic heterocycles. The van der Waals surface area contributed by atoms with Gasteiger partial charge in [0.15, 0.2) is 5.78 Å². The van der Waals surface area contributed by atoms with Crippen LogP contribution in [-0.4, -0.2) is 22.6 Å². The van der Waals surface area contributed by atoms with Gasteiger partial charge in [0.1, 0.15) is 0 Å². The molecule has 3 rings (SSSR count). The van der Waals surface area contributed by atoms with Crippen LogP contribution in [0, 0.1) is 5.92 Å². The molecule has 5 heteroatoms. The van der Waals surface area contributed by atoms with Crippen molar-refractivity contribution in [3.63, 3.8) is 0 Å². The van der Waals surface area contributed by atoms with Gasteiger partial charge < -0.3 is 4.90 Å². The fourth-order valence-corrected chi connectivity index (χ4v) is 4.66. The lowest BCUT2D eigenvalue weighted by Gasteiger charge is -2.47. The maximum Gasteiger partial charge on any atom is 0.226 e. The first-order valence-corrected chi connectivity index (χ1v) is 10.4. The molecule has 28 heavy (non-hydrogen) atoms. The predicted molar refractivity (Wildman–Crippen MR) is 114 cm³/mol. The number of likely N-dealkylation sites (tertiary alicyclic amines) is 1. The van der Waals surface area contributed by atoms with E-state index in [4.69, 9.17) is 23.2 Å². The minimum absolute atomic E-state index is 0.00811. The van der Waals surface area contributed by atoms with E-state index in [0.717, 1.165) is 11.1 Å². The Morgan fingerprint density at radius 3 is 2.36 bits per heavy atom. The zero-order valence-electron chi connectivity index (χ0n) is 16.4. The molecule has 0 aliphatic carbocycles. The zero-order chi connectivity index (χ0) is 20.4. The van der Waals surface area contributed by atoms with Crippen molar-refractivity contribution in [1.82, 2.24) is 4.90 Å². The van der Waals surface area contributed by atoms with Gasteiger partial charge in [0.05, 0.1) is 12.1 Å². The summed E-state index contributed by atoms with van der Waals surface area (Å²) in [6, 6.07) is 14.7. The van der Waals surface area contributed by atoms with Crippen molar-refractivity contribution in [2.24, 2.45) is 5.92 Å². The molecule has 1 heterocycles. The highest BCUT2D eigenvalue weighted by molar-refractivity contribution is 6.30. The monoisotopic (exact) mass is 417 g/mol. The van der Waals surface area contributed by atoms with E-state index in [1.54, 1.807) is 6.92 Å². The molecule has 3 nitrogen and oxygen atoms in total. The molecule has 148 valence electrons. The summed E-state index contributed by atoms with van der Waals surface area (Å²) in [5, 5.41) is 1.31. The smallest absolute Gasteiger partial charge is 0.226 e. The summed E-state index contributed by atoms with van der Waals surface area (Å²) in [6.45, 7) is 5.46. The molecule has 1 fully saturated rings. The fourth-order valence-electron chi connectivity index (χ4n) is 4.33. The van der Waals surface area contributed by atoms with Crippen molar-refractivity contribution in [2.45, 2.75) is 51.6 Å². The molecule has 1 aliphatic rings. The lowest BCUT2D eigenvalue weighted by Crippen LogP contribution is -2.53. The molecule has 0 radical (unpaired) electrons. The van der Waals surface area contributed by atoms with E-state index in [9.17, 15) is 9.59 Å². The Morgan fingerprint density at radius 2 is 1.79 bits per heavy atom. The SMILES string of the molecule is CC[C@@H](C(C)=O)N1C(=O)C(C)CC(c2cccc(Cl)c2)C1c1ccc(Cl)cc1. The first-order valence-electron chi connectivity index (χ1n) is 9.67. The van der Waals surface area contributed by atoms with Crippen LogP contribution >= 0.6 is 23.2 Å². The van der Waals surface area contributed by atoms with E-state index in [1.165, 1.54) is 0 Å². The van der Waals surface area contributed by atoms with Crippen LogP contribution in [0.2, 0.25) is 10.0 Å². The van der Waals surface area contributed by atoms with Gasteiger partial charge in [0.25, 0.3) is 0 Å². The number of ketones is 1. The van der Waals surface area contributed by atoms with Crippen LogP contribution in [0.15, 0.2) is 48.5 Å². The molecular weight excluding hydrogens is 393 g/mol. The third-order valence-corrected chi connectivity index (χ3v) is 6.13. The molecule has 0 spiro atoms. The molecule has 1 saturated heterocycles. The minimum Gasteiger partial charge on any atom is -0.325 e. The quantitative estimate of drug-likeness (QED) is 0.592. The van der Waals surface area contributed by atoms with Crippen LogP contribution in [0.1, 0.15) is 56.7 Å². The summed E-state index contributed by atoms with van der Waals surface area (Å²) < 4.78 is 0. The number of nitrogens with zero attached hydrogens (tertiary/aromatic N) is 1. The van der Waals surface area contributed by atoms with E-state index >= 15 is 0 Å². The molecule has 0 aromatic heterocycles. The Hall–Kier alpha value is -1.84.